The highest BCUT2D eigenvalue weighted by molar-refractivity contribution is 5.96. The molecule has 1 atom stereocenters. The number of ether oxygens (including phenoxy) is 1. The molecule has 1 aromatic heterocycles. The Morgan fingerprint density at radius 1 is 1.25 bits per heavy atom. The molecule has 1 aromatic carbocycles. The average molecular weight is 325 g/mol. The molecule has 1 aliphatic rings. The molecule has 124 valence electrons. The van der Waals surface area contributed by atoms with E-state index in [0.29, 0.717) is 30.3 Å². The molecule has 0 saturated carbocycles. The van der Waals surface area contributed by atoms with Crippen molar-refractivity contribution >= 4 is 17.5 Å². The van der Waals surface area contributed by atoms with Crippen LogP contribution in [0.4, 0.5) is 5.69 Å². The van der Waals surface area contributed by atoms with Crippen LogP contribution in [0.3, 0.4) is 0 Å². The van der Waals surface area contributed by atoms with Crippen LogP contribution in [0.5, 0.6) is 11.6 Å². The number of nitrogens with zero attached hydrogens (tertiary/aromatic N) is 2. The lowest BCUT2D eigenvalue weighted by Gasteiger charge is -2.28. The zero-order valence-electron chi connectivity index (χ0n) is 13.4. The Morgan fingerprint density at radius 2 is 2.04 bits per heavy atom. The minimum atomic E-state index is -0.321. The SMILES string of the molecule is CN1CC[C@@H](C(=O)Nc2cccnc2Oc2ccccc2)CC1=O. The molecular weight excluding hydrogens is 306 g/mol. The van der Waals surface area contributed by atoms with Gasteiger partial charge in [-0.3, -0.25) is 9.59 Å². The molecule has 6 heteroatoms. The van der Waals surface area contributed by atoms with E-state index in [-0.39, 0.29) is 24.2 Å². The molecule has 0 unspecified atom stereocenters. The lowest BCUT2D eigenvalue weighted by Crippen LogP contribution is -2.39. The molecule has 2 aromatic rings. The van der Waals surface area contributed by atoms with E-state index in [1.807, 2.05) is 30.3 Å². The summed E-state index contributed by atoms with van der Waals surface area (Å²) in [6, 6.07) is 12.7. The maximum Gasteiger partial charge on any atom is 0.243 e. The quantitative estimate of drug-likeness (QED) is 0.938. The molecule has 2 amide bonds. The third-order valence-corrected chi connectivity index (χ3v) is 4.02. The van der Waals surface area contributed by atoms with Gasteiger partial charge in [0.1, 0.15) is 11.4 Å². The lowest BCUT2D eigenvalue weighted by atomic mass is 9.95. The van der Waals surface area contributed by atoms with Crippen LogP contribution >= 0.6 is 0 Å². The topological polar surface area (TPSA) is 71.5 Å². The highest BCUT2D eigenvalue weighted by Crippen LogP contribution is 2.28. The van der Waals surface area contributed by atoms with Gasteiger partial charge in [-0.05, 0) is 30.7 Å². The van der Waals surface area contributed by atoms with Crippen molar-refractivity contribution in [3.63, 3.8) is 0 Å². The van der Waals surface area contributed by atoms with Crippen LogP contribution in [0, 0.1) is 5.92 Å². The third-order valence-electron chi connectivity index (χ3n) is 4.02. The maximum absolute atomic E-state index is 12.5. The molecule has 0 radical (unpaired) electrons. The van der Waals surface area contributed by atoms with E-state index in [9.17, 15) is 9.59 Å². The number of piperidine rings is 1. The minimum absolute atomic E-state index is 0.00616. The standard InChI is InChI=1S/C18H19N3O3/c1-21-11-9-13(12-16(21)22)17(23)20-15-8-5-10-19-18(15)24-14-6-3-2-4-7-14/h2-8,10,13H,9,11-12H2,1H3,(H,20,23)/t13-/m1/s1. The number of likely N-dealkylation sites (tertiary alicyclic amines) is 1. The first-order valence-electron chi connectivity index (χ1n) is 7.86. The second-order valence-corrected chi connectivity index (χ2v) is 5.77. The van der Waals surface area contributed by atoms with Crippen molar-refractivity contribution in [3.8, 4) is 11.6 Å². The van der Waals surface area contributed by atoms with Crippen molar-refractivity contribution in [2.24, 2.45) is 5.92 Å². The Labute approximate surface area is 140 Å². The van der Waals surface area contributed by atoms with Crippen LogP contribution in [0.1, 0.15) is 12.8 Å². The molecule has 0 bridgehead atoms. The summed E-state index contributed by atoms with van der Waals surface area (Å²) in [5.41, 5.74) is 0.498. The number of carbonyl (C=O) groups excluding carboxylic acids is 2. The van der Waals surface area contributed by atoms with Crippen LogP contribution in [0.25, 0.3) is 0 Å². The van der Waals surface area contributed by atoms with Gasteiger partial charge in [-0.25, -0.2) is 4.98 Å². The second kappa shape index (κ2) is 7.12. The first kappa shape index (κ1) is 16.0. The Morgan fingerprint density at radius 3 is 2.79 bits per heavy atom. The number of pyridine rings is 1. The van der Waals surface area contributed by atoms with E-state index in [1.54, 1.807) is 30.3 Å². The van der Waals surface area contributed by atoms with E-state index >= 15 is 0 Å². The first-order chi connectivity index (χ1) is 11.6. The summed E-state index contributed by atoms with van der Waals surface area (Å²) in [5, 5.41) is 2.84. The van der Waals surface area contributed by atoms with Crippen molar-refractivity contribution < 1.29 is 14.3 Å². The number of para-hydroxylation sites is 1. The van der Waals surface area contributed by atoms with Gasteiger partial charge in [-0.1, -0.05) is 18.2 Å². The molecule has 1 saturated heterocycles. The summed E-state index contributed by atoms with van der Waals surface area (Å²) in [4.78, 5) is 30.1. The van der Waals surface area contributed by atoms with Gasteiger partial charge < -0.3 is 15.0 Å². The van der Waals surface area contributed by atoms with Crippen molar-refractivity contribution in [2.45, 2.75) is 12.8 Å². The van der Waals surface area contributed by atoms with Gasteiger partial charge in [0.05, 0.1) is 0 Å². The van der Waals surface area contributed by atoms with E-state index in [0.717, 1.165) is 0 Å². The molecular formula is C18H19N3O3. The predicted molar refractivity (Wildman–Crippen MR) is 89.7 cm³/mol. The summed E-state index contributed by atoms with van der Waals surface area (Å²) < 4.78 is 5.73. The zero-order valence-corrected chi connectivity index (χ0v) is 13.4. The Hall–Kier alpha value is -2.89. The molecule has 0 aliphatic carbocycles. The maximum atomic E-state index is 12.5. The summed E-state index contributed by atoms with van der Waals surface area (Å²) in [7, 11) is 1.75. The van der Waals surface area contributed by atoms with E-state index in [2.05, 4.69) is 10.3 Å². The van der Waals surface area contributed by atoms with Gasteiger partial charge in [0.15, 0.2) is 0 Å². The Kier molecular flexibility index (Phi) is 4.74. The number of carbonyl (C=O) groups is 2. The van der Waals surface area contributed by atoms with Crippen LogP contribution in [-0.2, 0) is 9.59 Å². The molecule has 6 nitrogen and oxygen atoms in total. The van der Waals surface area contributed by atoms with Gasteiger partial charge in [-0.2, -0.15) is 0 Å². The van der Waals surface area contributed by atoms with Crippen LogP contribution in [0.2, 0.25) is 0 Å². The summed E-state index contributed by atoms with van der Waals surface area (Å²) in [6.45, 7) is 0.595. The second-order valence-electron chi connectivity index (χ2n) is 5.77. The fourth-order valence-corrected chi connectivity index (χ4v) is 2.57. The summed E-state index contributed by atoms with van der Waals surface area (Å²) in [5.74, 6) is 0.465. The first-order valence-corrected chi connectivity index (χ1v) is 7.86. The number of rotatable bonds is 4. The van der Waals surface area contributed by atoms with Crippen LogP contribution in [-0.4, -0.2) is 35.3 Å². The van der Waals surface area contributed by atoms with Crippen molar-refractivity contribution in [3.05, 3.63) is 48.7 Å². The summed E-state index contributed by atoms with van der Waals surface area (Å²) >= 11 is 0. The molecule has 24 heavy (non-hydrogen) atoms. The van der Waals surface area contributed by atoms with Gasteiger partial charge in [-0.15, -0.1) is 0 Å². The van der Waals surface area contributed by atoms with Crippen LogP contribution in [0.15, 0.2) is 48.7 Å². The largest absolute Gasteiger partial charge is 0.437 e. The molecule has 2 heterocycles. The van der Waals surface area contributed by atoms with Crippen LogP contribution < -0.4 is 10.1 Å². The van der Waals surface area contributed by atoms with Gasteiger partial charge in [0.25, 0.3) is 0 Å². The highest BCUT2D eigenvalue weighted by atomic mass is 16.5. The van der Waals surface area contributed by atoms with Gasteiger partial charge in [0.2, 0.25) is 17.7 Å². The Bertz CT molecular complexity index is 733. The normalized spacial score (nSPS) is 17.5. The highest BCUT2D eigenvalue weighted by Gasteiger charge is 2.29. The smallest absolute Gasteiger partial charge is 0.243 e. The lowest BCUT2D eigenvalue weighted by molar-refractivity contribution is -0.137. The minimum Gasteiger partial charge on any atom is -0.437 e. The predicted octanol–water partition coefficient (Wildman–Crippen LogP) is 2.68. The van der Waals surface area contributed by atoms with E-state index in [4.69, 9.17) is 4.74 Å². The van der Waals surface area contributed by atoms with E-state index < -0.39 is 0 Å². The van der Waals surface area contributed by atoms with E-state index in [1.165, 1.54) is 0 Å². The number of anilines is 1. The fraction of sp³-hybridized carbons (Fsp3) is 0.278. The number of amides is 2. The molecule has 1 fully saturated rings. The van der Waals surface area contributed by atoms with Crippen molar-refractivity contribution in [2.75, 3.05) is 18.9 Å². The summed E-state index contributed by atoms with van der Waals surface area (Å²) in [6.07, 6.45) is 2.49. The monoisotopic (exact) mass is 325 g/mol. The number of hydrogen-bond acceptors (Lipinski definition) is 4. The third kappa shape index (κ3) is 3.71. The fourth-order valence-electron chi connectivity index (χ4n) is 2.57. The molecule has 1 aliphatic heterocycles. The number of aromatic nitrogens is 1. The average Bonchev–Trinajstić information content (AvgIpc) is 2.60. The zero-order chi connectivity index (χ0) is 16.9. The van der Waals surface area contributed by atoms with Gasteiger partial charge in [0, 0.05) is 32.1 Å². The molecule has 0 spiro atoms. The van der Waals surface area contributed by atoms with Crippen molar-refractivity contribution in [1.29, 1.82) is 0 Å². The van der Waals surface area contributed by atoms with Gasteiger partial charge >= 0.3 is 0 Å². The van der Waals surface area contributed by atoms with Crippen molar-refractivity contribution in [1.82, 2.24) is 9.88 Å². The number of hydrogen-bond donors (Lipinski definition) is 1. The molecule has 3 rings (SSSR count). The Balaban J connectivity index is 1.71. The number of nitrogens with one attached hydrogen (secondary N) is 1. The number of benzene rings is 1. The molecule has 1 N–H and O–H groups in total.